The lowest BCUT2D eigenvalue weighted by Crippen LogP contribution is -2.31. The predicted molar refractivity (Wildman–Crippen MR) is 70.7 cm³/mol. The van der Waals surface area contributed by atoms with Crippen molar-refractivity contribution >= 4 is 16.4 Å². The number of ether oxygens (including phenoxy) is 1. The van der Waals surface area contributed by atoms with Gasteiger partial charge in [0.1, 0.15) is 0 Å². The molecule has 0 saturated carbocycles. The van der Waals surface area contributed by atoms with Crippen molar-refractivity contribution < 1.29 is 26.0 Å². The van der Waals surface area contributed by atoms with Crippen LogP contribution in [0.1, 0.15) is 23.7 Å². The number of hydrogen-bond donors (Lipinski definition) is 1. The Morgan fingerprint density at radius 3 is 2.95 bits per heavy atom. The van der Waals surface area contributed by atoms with Crippen molar-refractivity contribution in [3.05, 3.63) is 24.0 Å². The molecule has 0 radical (unpaired) electrons. The van der Waals surface area contributed by atoms with Gasteiger partial charge in [-0.25, -0.2) is 0 Å². The summed E-state index contributed by atoms with van der Waals surface area (Å²) >= 11 is 0. The maximum atomic E-state index is 12.4. The van der Waals surface area contributed by atoms with Gasteiger partial charge in [-0.2, -0.15) is 8.42 Å². The van der Waals surface area contributed by atoms with Gasteiger partial charge in [-0.3, -0.25) is 9.78 Å². The van der Waals surface area contributed by atoms with Gasteiger partial charge in [-0.15, -0.1) is 0 Å². The van der Waals surface area contributed by atoms with Crippen molar-refractivity contribution in [1.82, 2.24) is 10.3 Å². The van der Waals surface area contributed by atoms with E-state index in [0.29, 0.717) is 19.1 Å². The molecule has 1 aliphatic rings. The molecule has 2 rings (SSSR count). The highest BCUT2D eigenvalue weighted by atomic mass is 32.3. The molecule has 1 aromatic heterocycles. The van der Waals surface area contributed by atoms with Crippen molar-refractivity contribution in [3.63, 3.8) is 0 Å². The molecule has 1 fully saturated rings. The number of rotatable bonds is 5. The maximum Gasteiger partial charge on any atom is 0.488 e. The quantitative estimate of drug-likeness (QED) is 0.808. The first-order chi connectivity index (χ1) is 9.83. The van der Waals surface area contributed by atoms with E-state index in [9.17, 15) is 17.1 Å². The van der Waals surface area contributed by atoms with Crippen LogP contribution in [0, 0.1) is 5.92 Å². The molecule has 9 heteroatoms. The third kappa shape index (κ3) is 4.94. The number of amides is 1. The predicted octanol–water partition coefficient (Wildman–Crippen LogP) is 0.829. The minimum absolute atomic E-state index is 0.0393. The van der Waals surface area contributed by atoms with Gasteiger partial charge in [-0.1, -0.05) is 10.8 Å². The molecule has 116 valence electrons. The van der Waals surface area contributed by atoms with E-state index in [0.717, 1.165) is 18.7 Å². The molecule has 1 amide bonds. The van der Waals surface area contributed by atoms with Crippen LogP contribution in [-0.2, 0) is 15.2 Å². The van der Waals surface area contributed by atoms with Gasteiger partial charge in [0.05, 0.1) is 17.9 Å². The van der Waals surface area contributed by atoms with Crippen LogP contribution < -0.4 is 9.50 Å². The van der Waals surface area contributed by atoms with Gasteiger partial charge in [0, 0.05) is 19.3 Å². The average Bonchev–Trinajstić information content (AvgIpc) is 2.80. The zero-order valence-corrected chi connectivity index (χ0v) is 12.1. The SMILES string of the molecule is CC1COC(CNC(=O)c2cncc(OS(=O)(=O)F)c2)C1. The van der Waals surface area contributed by atoms with E-state index in [2.05, 4.69) is 21.4 Å². The second-order valence-electron chi connectivity index (χ2n) is 4.89. The van der Waals surface area contributed by atoms with Crippen LogP contribution in [-0.4, -0.2) is 38.6 Å². The second kappa shape index (κ2) is 6.35. The van der Waals surface area contributed by atoms with Crippen molar-refractivity contribution in [3.8, 4) is 5.75 Å². The Morgan fingerprint density at radius 1 is 1.57 bits per heavy atom. The molecule has 7 nitrogen and oxygen atoms in total. The average molecular weight is 318 g/mol. The van der Waals surface area contributed by atoms with Crippen LogP contribution >= 0.6 is 0 Å². The van der Waals surface area contributed by atoms with E-state index >= 15 is 0 Å². The molecule has 2 unspecified atom stereocenters. The number of halogens is 1. The van der Waals surface area contributed by atoms with Crippen molar-refractivity contribution in [1.29, 1.82) is 0 Å². The Bertz CT molecular complexity index is 622. The molecule has 1 saturated heterocycles. The highest BCUT2D eigenvalue weighted by Gasteiger charge is 2.22. The van der Waals surface area contributed by atoms with Crippen LogP contribution in [0.2, 0.25) is 0 Å². The van der Waals surface area contributed by atoms with Gasteiger partial charge in [0.15, 0.2) is 5.75 Å². The summed E-state index contributed by atoms with van der Waals surface area (Å²) in [4.78, 5) is 15.5. The summed E-state index contributed by atoms with van der Waals surface area (Å²) in [5.74, 6) is -0.372. The topological polar surface area (TPSA) is 94.6 Å². The van der Waals surface area contributed by atoms with Crippen molar-refractivity contribution in [2.45, 2.75) is 19.4 Å². The smallest absolute Gasteiger partial charge is 0.376 e. The molecular weight excluding hydrogens is 303 g/mol. The summed E-state index contributed by atoms with van der Waals surface area (Å²) in [7, 11) is -5.14. The highest BCUT2D eigenvalue weighted by Crippen LogP contribution is 2.18. The Kier molecular flexibility index (Phi) is 4.73. The number of carbonyl (C=O) groups is 1. The largest absolute Gasteiger partial charge is 0.488 e. The normalized spacial score (nSPS) is 22.0. The Balaban J connectivity index is 1.94. The highest BCUT2D eigenvalue weighted by molar-refractivity contribution is 7.81. The maximum absolute atomic E-state index is 12.4. The van der Waals surface area contributed by atoms with E-state index < -0.39 is 16.4 Å². The fourth-order valence-electron chi connectivity index (χ4n) is 2.04. The Hall–Kier alpha value is -1.74. The third-order valence-electron chi connectivity index (χ3n) is 2.94. The number of nitrogens with zero attached hydrogens (tertiary/aromatic N) is 1. The Morgan fingerprint density at radius 2 is 2.33 bits per heavy atom. The van der Waals surface area contributed by atoms with E-state index in [1.165, 1.54) is 6.20 Å². The minimum Gasteiger partial charge on any atom is -0.376 e. The molecule has 1 aliphatic heterocycles. The molecule has 2 atom stereocenters. The standard InChI is InChI=1S/C12H15FN2O5S/c1-8-2-10(19-7-8)6-15-12(16)9-3-11(5-14-4-9)20-21(13,17)18/h3-5,8,10H,2,6-7H2,1H3,(H,15,16). The molecule has 21 heavy (non-hydrogen) atoms. The lowest BCUT2D eigenvalue weighted by Gasteiger charge is -2.11. The van der Waals surface area contributed by atoms with Gasteiger partial charge in [0.25, 0.3) is 5.91 Å². The number of hydrogen-bond acceptors (Lipinski definition) is 6. The summed E-state index contributed by atoms with van der Waals surface area (Å²) in [6.45, 7) is 3.07. The first-order valence-electron chi connectivity index (χ1n) is 6.32. The molecule has 0 aromatic carbocycles. The second-order valence-corrected chi connectivity index (χ2v) is 5.84. The summed E-state index contributed by atoms with van der Waals surface area (Å²) in [6, 6.07) is 1.09. The molecule has 0 bridgehead atoms. The molecular formula is C12H15FN2O5S. The van der Waals surface area contributed by atoms with E-state index in [4.69, 9.17) is 4.74 Å². The fourth-order valence-corrected chi connectivity index (χ4v) is 2.36. The molecule has 1 N–H and O–H groups in total. The third-order valence-corrected chi connectivity index (χ3v) is 3.33. The number of nitrogens with one attached hydrogen (secondary N) is 1. The first-order valence-corrected chi connectivity index (χ1v) is 7.63. The van der Waals surface area contributed by atoms with Gasteiger partial charge in [-0.05, 0) is 18.4 Å². The number of aromatic nitrogens is 1. The lowest BCUT2D eigenvalue weighted by molar-refractivity contribution is 0.0850. The summed E-state index contributed by atoms with van der Waals surface area (Å²) in [5, 5.41) is 2.65. The van der Waals surface area contributed by atoms with E-state index in [1.54, 1.807) is 0 Å². The summed E-state index contributed by atoms with van der Waals surface area (Å²) in [6.07, 6.45) is 3.05. The lowest BCUT2D eigenvalue weighted by atomic mass is 10.1. The van der Waals surface area contributed by atoms with Crippen LogP contribution in [0.4, 0.5) is 3.89 Å². The van der Waals surface area contributed by atoms with E-state index in [1.807, 2.05) is 0 Å². The molecule has 2 heterocycles. The molecule has 1 aromatic rings. The molecule has 0 spiro atoms. The zero-order chi connectivity index (χ0) is 15.5. The summed E-state index contributed by atoms with van der Waals surface area (Å²) < 4.78 is 42.6. The van der Waals surface area contributed by atoms with E-state index in [-0.39, 0.29) is 17.4 Å². The van der Waals surface area contributed by atoms with Crippen molar-refractivity contribution in [2.75, 3.05) is 13.2 Å². The first kappa shape index (κ1) is 15.6. The molecule has 0 aliphatic carbocycles. The monoisotopic (exact) mass is 318 g/mol. The number of pyridine rings is 1. The van der Waals surface area contributed by atoms with Crippen LogP contribution in [0.25, 0.3) is 0 Å². The van der Waals surface area contributed by atoms with Gasteiger partial charge >= 0.3 is 10.5 Å². The minimum atomic E-state index is -5.14. The Labute approximate surface area is 121 Å². The van der Waals surface area contributed by atoms with Crippen molar-refractivity contribution in [2.24, 2.45) is 5.92 Å². The van der Waals surface area contributed by atoms with Crippen LogP contribution in [0.5, 0.6) is 5.75 Å². The van der Waals surface area contributed by atoms with Crippen LogP contribution in [0.3, 0.4) is 0 Å². The fraction of sp³-hybridized carbons (Fsp3) is 0.500. The number of carbonyl (C=O) groups excluding carboxylic acids is 1. The van der Waals surface area contributed by atoms with Crippen LogP contribution in [0.15, 0.2) is 18.5 Å². The van der Waals surface area contributed by atoms with Gasteiger partial charge in [0.2, 0.25) is 0 Å². The van der Waals surface area contributed by atoms with Gasteiger partial charge < -0.3 is 14.2 Å². The zero-order valence-electron chi connectivity index (χ0n) is 11.3. The summed E-state index contributed by atoms with van der Waals surface area (Å²) in [5.41, 5.74) is 0.0715.